The third-order valence-electron chi connectivity index (χ3n) is 2.67. The van der Waals surface area contributed by atoms with Crippen molar-refractivity contribution in [2.24, 2.45) is 0 Å². The van der Waals surface area contributed by atoms with E-state index in [9.17, 15) is 0 Å². The minimum atomic E-state index is 0.463. The van der Waals surface area contributed by atoms with Crippen molar-refractivity contribution in [3.63, 3.8) is 0 Å². The van der Waals surface area contributed by atoms with Crippen LogP contribution >= 0.6 is 27.5 Å². The first kappa shape index (κ1) is 14.3. The second-order valence-electron chi connectivity index (χ2n) is 4.30. The summed E-state index contributed by atoms with van der Waals surface area (Å²) in [6.07, 6.45) is 1.82. The molecule has 0 saturated heterocycles. The number of hydrogen-bond acceptors (Lipinski definition) is 3. The molecule has 100 valence electrons. The Kier molecular flexibility index (Phi) is 4.77. The second-order valence-corrected chi connectivity index (χ2v) is 5.48. The van der Waals surface area contributed by atoms with E-state index >= 15 is 0 Å². The lowest BCUT2D eigenvalue weighted by Gasteiger charge is -2.10. The topological polar surface area (TPSA) is 37.8 Å². The van der Waals surface area contributed by atoms with Crippen molar-refractivity contribution in [2.75, 3.05) is 5.32 Å². The molecule has 0 radical (unpaired) electrons. The fraction of sp³-hybridized carbons (Fsp3) is 0.286. The van der Waals surface area contributed by atoms with E-state index in [1.165, 1.54) is 5.56 Å². The van der Waals surface area contributed by atoms with Gasteiger partial charge in [0.2, 0.25) is 0 Å². The molecule has 0 unspecified atom stereocenters. The lowest BCUT2D eigenvalue weighted by atomic mass is 10.2. The molecule has 0 aliphatic heterocycles. The van der Waals surface area contributed by atoms with Crippen molar-refractivity contribution >= 4 is 39.0 Å². The van der Waals surface area contributed by atoms with Crippen LogP contribution < -0.4 is 5.32 Å². The van der Waals surface area contributed by atoms with Crippen molar-refractivity contribution < 1.29 is 0 Å². The molecule has 1 N–H and O–H groups in total. The third-order valence-corrected chi connectivity index (χ3v) is 3.92. The van der Waals surface area contributed by atoms with Crippen LogP contribution in [-0.2, 0) is 6.42 Å². The Hall–Kier alpha value is -1.13. The number of hydrogen-bond donors (Lipinski definition) is 1. The molecule has 19 heavy (non-hydrogen) atoms. The molecule has 0 amide bonds. The van der Waals surface area contributed by atoms with Gasteiger partial charge in [0.05, 0.1) is 5.69 Å². The number of halogens is 2. The average Bonchev–Trinajstić information content (AvgIpc) is 2.35. The number of nitrogens with one attached hydrogen (secondary N) is 1. The molecule has 0 aliphatic rings. The van der Waals surface area contributed by atoms with Crippen LogP contribution in [0.1, 0.15) is 24.7 Å². The van der Waals surface area contributed by atoms with Gasteiger partial charge in [0.25, 0.3) is 0 Å². The van der Waals surface area contributed by atoms with Crippen molar-refractivity contribution in [1.82, 2.24) is 9.97 Å². The maximum atomic E-state index is 6.02. The minimum Gasteiger partial charge on any atom is -0.339 e. The molecule has 1 aromatic heterocycles. The molecule has 0 spiro atoms. The molecule has 1 aromatic carbocycles. The van der Waals surface area contributed by atoms with Crippen molar-refractivity contribution in [3.05, 3.63) is 45.3 Å². The molecule has 0 bridgehead atoms. The first-order chi connectivity index (χ1) is 9.10. The van der Waals surface area contributed by atoms with Crippen LogP contribution in [0.2, 0.25) is 5.15 Å². The van der Waals surface area contributed by atoms with Gasteiger partial charge in [-0.2, -0.15) is 0 Å². The van der Waals surface area contributed by atoms with Gasteiger partial charge in [0, 0.05) is 17.0 Å². The largest absolute Gasteiger partial charge is 0.339 e. The number of benzene rings is 1. The number of rotatable bonds is 4. The molecule has 2 rings (SSSR count). The number of aryl methyl sites for hydroxylation is 2. The van der Waals surface area contributed by atoms with Crippen LogP contribution in [0.5, 0.6) is 0 Å². The van der Waals surface area contributed by atoms with E-state index in [4.69, 9.17) is 11.6 Å². The normalized spacial score (nSPS) is 10.5. The van der Waals surface area contributed by atoms with Crippen molar-refractivity contribution in [1.29, 1.82) is 0 Å². The highest BCUT2D eigenvalue weighted by molar-refractivity contribution is 9.10. The van der Waals surface area contributed by atoms with E-state index in [-0.39, 0.29) is 0 Å². The summed E-state index contributed by atoms with van der Waals surface area (Å²) in [5, 5.41) is 3.73. The first-order valence-corrected chi connectivity index (χ1v) is 7.33. The first-order valence-electron chi connectivity index (χ1n) is 6.15. The number of nitrogens with zero attached hydrogens (tertiary/aromatic N) is 2. The molecule has 1 heterocycles. The van der Waals surface area contributed by atoms with Gasteiger partial charge in [0.15, 0.2) is 0 Å². The smallest absolute Gasteiger partial charge is 0.135 e. The predicted octanol–water partition coefficient (Wildman–Crippen LogP) is 4.90. The van der Waals surface area contributed by atoms with E-state index in [1.807, 2.05) is 25.1 Å². The van der Waals surface area contributed by atoms with Crippen LogP contribution in [0.25, 0.3) is 0 Å². The van der Waals surface area contributed by atoms with Crippen LogP contribution in [0.15, 0.2) is 28.7 Å². The molecule has 0 aliphatic carbocycles. The van der Waals surface area contributed by atoms with E-state index in [0.717, 1.165) is 34.6 Å². The zero-order valence-electron chi connectivity index (χ0n) is 10.9. The Balaban J connectivity index is 2.30. The fourth-order valence-corrected chi connectivity index (χ4v) is 2.31. The summed E-state index contributed by atoms with van der Waals surface area (Å²) in [5.41, 5.74) is 2.14. The highest BCUT2D eigenvalue weighted by atomic mass is 79.9. The van der Waals surface area contributed by atoms with Crippen molar-refractivity contribution in [2.45, 2.75) is 26.7 Å². The Morgan fingerprint density at radius 1 is 1.32 bits per heavy atom. The van der Waals surface area contributed by atoms with Gasteiger partial charge in [-0.3, -0.25) is 0 Å². The predicted molar refractivity (Wildman–Crippen MR) is 83.2 cm³/mol. The summed E-state index contributed by atoms with van der Waals surface area (Å²) in [6, 6.07) is 7.77. The highest BCUT2D eigenvalue weighted by Gasteiger charge is 2.06. The summed E-state index contributed by atoms with van der Waals surface area (Å²) in [5.74, 6) is 1.48. The van der Waals surface area contributed by atoms with Gasteiger partial charge in [-0.15, -0.1) is 0 Å². The van der Waals surface area contributed by atoms with Gasteiger partial charge in [-0.25, -0.2) is 9.97 Å². The van der Waals surface area contributed by atoms with E-state index in [1.54, 1.807) is 6.07 Å². The molecular weight excluding hydrogens is 326 g/mol. The molecule has 0 saturated carbocycles. The van der Waals surface area contributed by atoms with Crippen LogP contribution in [0, 0.1) is 6.92 Å². The Bertz CT molecular complexity index is 587. The van der Waals surface area contributed by atoms with Gasteiger partial charge in [0.1, 0.15) is 16.8 Å². The fourth-order valence-electron chi connectivity index (χ4n) is 1.75. The second kappa shape index (κ2) is 6.35. The summed E-state index contributed by atoms with van der Waals surface area (Å²) in [6.45, 7) is 4.14. The molecule has 0 fully saturated rings. The standard InChI is InChI=1S/C14H15BrClN3/c1-3-5-12-18-11(16)8-13(19-12)17-10-7-4-6-9(2)14(10)15/h4,6-8H,3,5H2,1-2H3,(H,17,18,19). The molecular formula is C14H15BrClN3. The maximum Gasteiger partial charge on any atom is 0.135 e. The van der Waals surface area contributed by atoms with E-state index in [2.05, 4.69) is 38.1 Å². The van der Waals surface area contributed by atoms with Gasteiger partial charge in [-0.1, -0.05) is 30.7 Å². The van der Waals surface area contributed by atoms with Crippen molar-refractivity contribution in [3.8, 4) is 0 Å². The zero-order chi connectivity index (χ0) is 13.8. The quantitative estimate of drug-likeness (QED) is 0.805. The van der Waals surface area contributed by atoms with E-state index < -0.39 is 0 Å². The summed E-state index contributed by atoms with van der Waals surface area (Å²) >= 11 is 9.59. The Morgan fingerprint density at radius 2 is 2.11 bits per heavy atom. The van der Waals surface area contributed by atoms with Gasteiger partial charge in [-0.05, 0) is 40.9 Å². The molecule has 2 aromatic rings. The third kappa shape index (κ3) is 3.67. The van der Waals surface area contributed by atoms with Crippen LogP contribution in [0.4, 0.5) is 11.5 Å². The molecule has 3 nitrogen and oxygen atoms in total. The van der Waals surface area contributed by atoms with Crippen LogP contribution in [0.3, 0.4) is 0 Å². The summed E-state index contributed by atoms with van der Waals surface area (Å²) in [7, 11) is 0. The molecule has 5 heteroatoms. The van der Waals surface area contributed by atoms with Crippen LogP contribution in [-0.4, -0.2) is 9.97 Å². The summed E-state index contributed by atoms with van der Waals surface area (Å²) in [4.78, 5) is 8.67. The number of aromatic nitrogens is 2. The highest BCUT2D eigenvalue weighted by Crippen LogP contribution is 2.28. The maximum absolute atomic E-state index is 6.02. The van der Waals surface area contributed by atoms with Gasteiger partial charge < -0.3 is 5.32 Å². The lowest BCUT2D eigenvalue weighted by molar-refractivity contribution is 0.837. The zero-order valence-corrected chi connectivity index (χ0v) is 13.2. The van der Waals surface area contributed by atoms with E-state index in [0.29, 0.717) is 5.15 Å². The average molecular weight is 341 g/mol. The summed E-state index contributed by atoms with van der Waals surface area (Å²) < 4.78 is 1.03. The Morgan fingerprint density at radius 3 is 2.84 bits per heavy atom. The SMILES string of the molecule is CCCc1nc(Cl)cc(Nc2cccc(C)c2Br)n1. The monoisotopic (exact) mass is 339 g/mol. The number of anilines is 2. The Labute approximate surface area is 126 Å². The van der Waals surface area contributed by atoms with Gasteiger partial charge >= 0.3 is 0 Å². The minimum absolute atomic E-state index is 0.463. The lowest BCUT2D eigenvalue weighted by Crippen LogP contribution is -2.01. The molecule has 0 atom stereocenters.